The van der Waals surface area contributed by atoms with Gasteiger partial charge in [-0.25, -0.2) is 4.98 Å². The molecule has 0 unspecified atom stereocenters. The van der Waals surface area contributed by atoms with Crippen LogP contribution in [0.3, 0.4) is 0 Å². The molecule has 18 heavy (non-hydrogen) atoms. The Hall–Kier alpha value is -2.11. The number of carbonyl (C=O) groups is 2. The van der Waals surface area contributed by atoms with Crippen LogP contribution >= 0.6 is 0 Å². The van der Waals surface area contributed by atoms with Crippen molar-refractivity contribution < 1.29 is 14.7 Å². The molecule has 0 aliphatic rings. The predicted octanol–water partition coefficient (Wildman–Crippen LogP) is 0.742. The van der Waals surface area contributed by atoms with Crippen molar-refractivity contribution in [3.05, 3.63) is 23.9 Å². The van der Waals surface area contributed by atoms with Crippen LogP contribution in [0.5, 0.6) is 0 Å². The highest BCUT2D eigenvalue weighted by Crippen LogP contribution is 2.09. The Labute approximate surface area is 106 Å². The maximum Gasteiger partial charge on any atom is 0.303 e. The molecule has 0 saturated carbocycles. The van der Waals surface area contributed by atoms with Gasteiger partial charge < -0.3 is 15.3 Å². The van der Waals surface area contributed by atoms with Gasteiger partial charge in [-0.1, -0.05) is 0 Å². The highest BCUT2D eigenvalue weighted by atomic mass is 16.4. The van der Waals surface area contributed by atoms with Crippen LogP contribution in [0.25, 0.3) is 0 Å². The number of amides is 1. The second kappa shape index (κ2) is 6.58. The van der Waals surface area contributed by atoms with Gasteiger partial charge in [-0.05, 0) is 18.6 Å². The fourth-order valence-corrected chi connectivity index (χ4v) is 1.35. The van der Waals surface area contributed by atoms with Gasteiger partial charge in [0.1, 0.15) is 5.82 Å². The number of hydrogen-bond acceptors (Lipinski definition) is 4. The summed E-state index contributed by atoms with van der Waals surface area (Å²) >= 11 is 0. The minimum Gasteiger partial charge on any atom is -0.481 e. The Bertz CT molecular complexity index is 432. The van der Waals surface area contributed by atoms with Gasteiger partial charge in [-0.3, -0.25) is 9.59 Å². The quantitative estimate of drug-likeness (QED) is 0.729. The molecular weight excluding hydrogens is 234 g/mol. The zero-order valence-corrected chi connectivity index (χ0v) is 10.5. The standard InChI is InChI=1S/C12H17N3O3/c1-15(2)10-8-9(5-7-13-10)12(18)14-6-3-4-11(16)17/h5,7-8H,3-4,6H2,1-2H3,(H,14,18)(H,16,17). The van der Waals surface area contributed by atoms with Crippen LogP contribution in [-0.2, 0) is 4.79 Å². The van der Waals surface area contributed by atoms with E-state index in [4.69, 9.17) is 5.11 Å². The van der Waals surface area contributed by atoms with Crippen molar-refractivity contribution in [3.8, 4) is 0 Å². The predicted molar refractivity (Wildman–Crippen MR) is 67.8 cm³/mol. The summed E-state index contributed by atoms with van der Waals surface area (Å²) in [6, 6.07) is 3.31. The number of hydrogen-bond donors (Lipinski definition) is 2. The summed E-state index contributed by atoms with van der Waals surface area (Å²) in [5.41, 5.74) is 0.518. The molecule has 1 rings (SSSR count). The van der Waals surface area contributed by atoms with Gasteiger partial charge in [0.2, 0.25) is 0 Å². The van der Waals surface area contributed by atoms with Crippen molar-refractivity contribution >= 4 is 17.7 Å². The number of aliphatic carboxylic acids is 1. The summed E-state index contributed by atoms with van der Waals surface area (Å²) < 4.78 is 0. The van der Waals surface area contributed by atoms with E-state index in [0.29, 0.717) is 24.3 Å². The molecule has 0 atom stereocenters. The SMILES string of the molecule is CN(C)c1cc(C(=O)NCCCC(=O)O)ccn1. The van der Waals surface area contributed by atoms with Gasteiger partial charge in [0.05, 0.1) is 0 Å². The van der Waals surface area contributed by atoms with Crippen molar-refractivity contribution in [3.63, 3.8) is 0 Å². The first-order valence-electron chi connectivity index (χ1n) is 5.64. The number of aromatic nitrogens is 1. The number of carbonyl (C=O) groups excluding carboxylic acids is 1. The Morgan fingerprint density at radius 3 is 2.78 bits per heavy atom. The maximum atomic E-state index is 11.8. The largest absolute Gasteiger partial charge is 0.481 e. The van der Waals surface area contributed by atoms with E-state index >= 15 is 0 Å². The number of anilines is 1. The first-order chi connectivity index (χ1) is 8.50. The van der Waals surface area contributed by atoms with Crippen LogP contribution in [0.4, 0.5) is 5.82 Å². The summed E-state index contributed by atoms with van der Waals surface area (Å²) in [4.78, 5) is 28.0. The molecule has 1 heterocycles. The lowest BCUT2D eigenvalue weighted by atomic mass is 10.2. The van der Waals surface area contributed by atoms with E-state index < -0.39 is 5.97 Å². The number of rotatable bonds is 6. The third kappa shape index (κ3) is 4.40. The second-order valence-corrected chi connectivity index (χ2v) is 4.05. The Morgan fingerprint density at radius 2 is 2.17 bits per heavy atom. The smallest absolute Gasteiger partial charge is 0.303 e. The van der Waals surface area contributed by atoms with Gasteiger partial charge in [0, 0.05) is 38.8 Å². The van der Waals surface area contributed by atoms with Gasteiger partial charge >= 0.3 is 5.97 Å². The van der Waals surface area contributed by atoms with Crippen LogP contribution in [0.15, 0.2) is 18.3 Å². The summed E-state index contributed by atoms with van der Waals surface area (Å²) in [6.07, 6.45) is 2.05. The van der Waals surface area contributed by atoms with Crippen LogP contribution in [0, 0.1) is 0 Å². The maximum absolute atomic E-state index is 11.8. The molecule has 0 fully saturated rings. The molecule has 98 valence electrons. The molecule has 6 nitrogen and oxygen atoms in total. The van der Waals surface area contributed by atoms with E-state index in [9.17, 15) is 9.59 Å². The van der Waals surface area contributed by atoms with E-state index in [-0.39, 0.29) is 12.3 Å². The molecule has 1 aromatic heterocycles. The van der Waals surface area contributed by atoms with E-state index in [2.05, 4.69) is 10.3 Å². The Kier molecular flexibility index (Phi) is 5.10. The molecule has 0 aromatic carbocycles. The molecule has 0 spiro atoms. The van der Waals surface area contributed by atoms with Crippen molar-refractivity contribution in [1.82, 2.24) is 10.3 Å². The molecule has 0 saturated heterocycles. The molecule has 2 N–H and O–H groups in total. The molecule has 0 bridgehead atoms. The second-order valence-electron chi connectivity index (χ2n) is 4.05. The van der Waals surface area contributed by atoms with E-state index in [1.807, 2.05) is 14.1 Å². The van der Waals surface area contributed by atoms with Gasteiger partial charge in [0.15, 0.2) is 0 Å². The fourth-order valence-electron chi connectivity index (χ4n) is 1.35. The summed E-state index contributed by atoms with van der Waals surface area (Å²) in [5.74, 6) is -0.373. The minimum atomic E-state index is -0.858. The first kappa shape index (κ1) is 14.0. The lowest BCUT2D eigenvalue weighted by Crippen LogP contribution is -2.25. The lowest BCUT2D eigenvalue weighted by molar-refractivity contribution is -0.137. The number of nitrogens with one attached hydrogen (secondary N) is 1. The normalized spacial score (nSPS) is 9.89. The zero-order chi connectivity index (χ0) is 13.5. The monoisotopic (exact) mass is 251 g/mol. The van der Waals surface area contributed by atoms with E-state index in [0.717, 1.165) is 0 Å². The molecule has 0 aliphatic heterocycles. The van der Waals surface area contributed by atoms with Crippen LogP contribution in [0.2, 0.25) is 0 Å². The van der Waals surface area contributed by atoms with Crippen molar-refractivity contribution in [2.75, 3.05) is 25.5 Å². The Balaban J connectivity index is 2.51. The van der Waals surface area contributed by atoms with Crippen LogP contribution in [-0.4, -0.2) is 42.6 Å². The van der Waals surface area contributed by atoms with Gasteiger partial charge in [0.25, 0.3) is 5.91 Å². The van der Waals surface area contributed by atoms with Crippen LogP contribution in [0.1, 0.15) is 23.2 Å². The topological polar surface area (TPSA) is 82.5 Å². The fraction of sp³-hybridized carbons (Fsp3) is 0.417. The van der Waals surface area contributed by atoms with Gasteiger partial charge in [-0.2, -0.15) is 0 Å². The summed E-state index contributed by atoms with van der Waals surface area (Å²) in [5, 5.41) is 11.1. The van der Waals surface area contributed by atoms with Crippen molar-refractivity contribution in [1.29, 1.82) is 0 Å². The highest BCUT2D eigenvalue weighted by molar-refractivity contribution is 5.94. The number of nitrogens with zero attached hydrogens (tertiary/aromatic N) is 2. The van der Waals surface area contributed by atoms with Gasteiger partial charge in [-0.15, -0.1) is 0 Å². The third-order valence-corrected chi connectivity index (χ3v) is 2.32. The molecule has 1 aromatic rings. The first-order valence-corrected chi connectivity index (χ1v) is 5.64. The molecule has 6 heteroatoms. The van der Waals surface area contributed by atoms with Crippen molar-refractivity contribution in [2.45, 2.75) is 12.8 Å². The molecule has 1 amide bonds. The Morgan fingerprint density at radius 1 is 1.44 bits per heavy atom. The number of carboxylic acids is 1. The third-order valence-electron chi connectivity index (χ3n) is 2.32. The average Bonchev–Trinajstić information content (AvgIpc) is 2.34. The summed E-state index contributed by atoms with van der Waals surface area (Å²) in [6.45, 7) is 0.352. The van der Waals surface area contributed by atoms with E-state index in [1.165, 1.54) is 0 Å². The number of carboxylic acid groups (broad SMARTS) is 1. The summed E-state index contributed by atoms with van der Waals surface area (Å²) in [7, 11) is 3.69. The molecule has 0 aliphatic carbocycles. The van der Waals surface area contributed by atoms with Crippen LogP contribution < -0.4 is 10.2 Å². The molecular formula is C12H17N3O3. The highest BCUT2D eigenvalue weighted by Gasteiger charge is 2.07. The van der Waals surface area contributed by atoms with Crippen molar-refractivity contribution in [2.24, 2.45) is 0 Å². The van der Waals surface area contributed by atoms with E-state index in [1.54, 1.807) is 23.2 Å². The number of pyridine rings is 1. The minimum absolute atomic E-state index is 0.0551. The zero-order valence-electron chi connectivity index (χ0n) is 10.5. The lowest BCUT2D eigenvalue weighted by Gasteiger charge is -2.12. The molecule has 0 radical (unpaired) electrons. The average molecular weight is 251 g/mol.